The molecule has 1 unspecified atom stereocenters. The first-order valence-electron chi connectivity index (χ1n) is 9.34. The minimum Gasteiger partial charge on any atom is -0.345 e. The lowest BCUT2D eigenvalue weighted by molar-refractivity contribution is 0.0941. The Labute approximate surface area is 169 Å². The Morgan fingerprint density at radius 3 is 2.57 bits per heavy atom. The monoisotopic (exact) mass is 414 g/mol. The van der Waals surface area contributed by atoms with Gasteiger partial charge < -0.3 is 5.32 Å². The molecule has 1 amide bonds. The van der Waals surface area contributed by atoms with Crippen molar-refractivity contribution in [3.63, 3.8) is 0 Å². The standard InChI is InChI=1S/C21H22N2O3S2/c1-15(17-10-6-8-16-7-2-3-9-18(16)17)22-21(24)20-19(11-14-27-20)28(25,26)23-12-4-5-13-23/h2-3,6-11,14-15H,4-5,12-13H2,1H3,(H,22,24). The van der Waals surface area contributed by atoms with Crippen LogP contribution in [0.4, 0.5) is 0 Å². The summed E-state index contributed by atoms with van der Waals surface area (Å²) >= 11 is 1.17. The summed E-state index contributed by atoms with van der Waals surface area (Å²) in [7, 11) is -3.62. The second-order valence-electron chi connectivity index (χ2n) is 6.99. The fourth-order valence-corrected chi connectivity index (χ4v) is 6.52. The summed E-state index contributed by atoms with van der Waals surface area (Å²) in [5, 5.41) is 6.83. The smallest absolute Gasteiger partial charge is 0.263 e. The number of amides is 1. The first-order chi connectivity index (χ1) is 13.5. The van der Waals surface area contributed by atoms with Crippen LogP contribution in [0.15, 0.2) is 58.8 Å². The molecule has 0 saturated carbocycles. The maximum Gasteiger partial charge on any atom is 0.263 e. The topological polar surface area (TPSA) is 66.5 Å². The molecule has 5 nitrogen and oxygen atoms in total. The van der Waals surface area contributed by atoms with Gasteiger partial charge in [-0.25, -0.2) is 8.42 Å². The average Bonchev–Trinajstić information content (AvgIpc) is 3.39. The predicted octanol–water partition coefficient (Wildman–Crippen LogP) is 4.18. The third kappa shape index (κ3) is 3.45. The Morgan fingerprint density at radius 2 is 1.79 bits per heavy atom. The second kappa shape index (κ2) is 7.66. The molecule has 7 heteroatoms. The molecule has 2 heterocycles. The highest BCUT2D eigenvalue weighted by molar-refractivity contribution is 7.89. The van der Waals surface area contributed by atoms with Crippen LogP contribution < -0.4 is 5.32 Å². The number of fused-ring (bicyclic) bond motifs is 1. The van der Waals surface area contributed by atoms with Crippen LogP contribution in [-0.4, -0.2) is 31.7 Å². The third-order valence-corrected chi connectivity index (χ3v) is 8.14. The number of nitrogens with one attached hydrogen (secondary N) is 1. The molecule has 1 aliphatic heterocycles. The SMILES string of the molecule is CC(NC(=O)c1sccc1S(=O)(=O)N1CCCC1)c1cccc2ccccc12. The van der Waals surface area contributed by atoms with Crippen molar-refractivity contribution in [3.05, 3.63) is 64.4 Å². The molecule has 1 fully saturated rings. The van der Waals surface area contributed by atoms with Crippen LogP contribution in [0, 0.1) is 0 Å². The molecule has 0 radical (unpaired) electrons. The van der Waals surface area contributed by atoms with Crippen molar-refractivity contribution in [2.45, 2.75) is 30.7 Å². The number of carbonyl (C=O) groups excluding carboxylic acids is 1. The first-order valence-corrected chi connectivity index (χ1v) is 11.7. The molecule has 28 heavy (non-hydrogen) atoms. The number of sulfonamides is 1. The molecule has 0 bridgehead atoms. The molecule has 3 aromatic rings. The zero-order chi connectivity index (χ0) is 19.7. The maximum atomic E-state index is 12.9. The van der Waals surface area contributed by atoms with Crippen LogP contribution in [-0.2, 0) is 10.0 Å². The van der Waals surface area contributed by atoms with Crippen molar-refractivity contribution in [3.8, 4) is 0 Å². The van der Waals surface area contributed by atoms with E-state index in [0.717, 1.165) is 29.2 Å². The van der Waals surface area contributed by atoms with Gasteiger partial charge in [-0.1, -0.05) is 42.5 Å². The Bertz CT molecular complexity index is 1110. The van der Waals surface area contributed by atoms with Gasteiger partial charge >= 0.3 is 0 Å². The van der Waals surface area contributed by atoms with E-state index in [1.165, 1.54) is 21.7 Å². The van der Waals surface area contributed by atoms with Gasteiger partial charge in [-0.15, -0.1) is 11.3 Å². The van der Waals surface area contributed by atoms with E-state index in [-0.39, 0.29) is 21.7 Å². The van der Waals surface area contributed by atoms with Crippen LogP contribution in [0.25, 0.3) is 10.8 Å². The number of rotatable bonds is 5. The normalized spacial score (nSPS) is 16.3. The van der Waals surface area contributed by atoms with E-state index < -0.39 is 10.0 Å². The number of thiophene rings is 1. The lowest BCUT2D eigenvalue weighted by Crippen LogP contribution is -2.31. The van der Waals surface area contributed by atoms with Crippen molar-refractivity contribution in [1.82, 2.24) is 9.62 Å². The Balaban J connectivity index is 1.60. The molecule has 0 spiro atoms. The maximum absolute atomic E-state index is 12.9. The zero-order valence-corrected chi connectivity index (χ0v) is 17.2. The minimum atomic E-state index is -3.62. The second-order valence-corrected chi connectivity index (χ2v) is 9.81. The van der Waals surface area contributed by atoms with E-state index in [2.05, 4.69) is 5.32 Å². The van der Waals surface area contributed by atoms with Gasteiger partial charge in [-0.2, -0.15) is 4.31 Å². The number of carbonyl (C=O) groups is 1. The summed E-state index contributed by atoms with van der Waals surface area (Å²) in [5.41, 5.74) is 1.01. The van der Waals surface area contributed by atoms with Crippen molar-refractivity contribution >= 4 is 38.0 Å². The highest BCUT2D eigenvalue weighted by atomic mass is 32.2. The van der Waals surface area contributed by atoms with Crippen LogP contribution in [0.3, 0.4) is 0 Å². The minimum absolute atomic E-state index is 0.113. The van der Waals surface area contributed by atoms with Gasteiger partial charge in [0.15, 0.2) is 0 Å². The summed E-state index contributed by atoms with van der Waals surface area (Å²) < 4.78 is 27.3. The number of hydrogen-bond acceptors (Lipinski definition) is 4. The van der Waals surface area contributed by atoms with Crippen molar-refractivity contribution < 1.29 is 13.2 Å². The molecule has 2 aromatic carbocycles. The van der Waals surface area contributed by atoms with E-state index in [0.29, 0.717) is 13.1 Å². The summed E-state index contributed by atoms with van der Waals surface area (Å²) in [6, 6.07) is 15.3. The molecule has 1 saturated heterocycles. The molecule has 1 aromatic heterocycles. The fraction of sp³-hybridized carbons (Fsp3) is 0.286. The molecule has 1 atom stereocenters. The lowest BCUT2D eigenvalue weighted by atomic mass is 10.00. The van der Waals surface area contributed by atoms with Crippen molar-refractivity contribution in [1.29, 1.82) is 0 Å². The predicted molar refractivity (Wildman–Crippen MR) is 112 cm³/mol. The molecular weight excluding hydrogens is 392 g/mol. The number of hydrogen-bond donors (Lipinski definition) is 1. The Morgan fingerprint density at radius 1 is 1.07 bits per heavy atom. The van der Waals surface area contributed by atoms with Crippen LogP contribution >= 0.6 is 11.3 Å². The summed E-state index contributed by atoms with van der Waals surface area (Å²) in [5.74, 6) is -0.354. The first kappa shape index (κ1) is 19.1. The van der Waals surface area contributed by atoms with Gasteiger partial charge in [0.25, 0.3) is 5.91 Å². The van der Waals surface area contributed by atoms with Gasteiger partial charge in [0.1, 0.15) is 9.77 Å². The summed E-state index contributed by atoms with van der Waals surface area (Å²) in [6.07, 6.45) is 1.73. The quantitative estimate of drug-likeness (QED) is 0.681. The Kier molecular flexibility index (Phi) is 5.23. The molecule has 4 rings (SSSR count). The van der Waals surface area contributed by atoms with Gasteiger partial charge in [0.05, 0.1) is 6.04 Å². The summed E-state index contributed by atoms with van der Waals surface area (Å²) in [4.78, 5) is 13.3. The zero-order valence-electron chi connectivity index (χ0n) is 15.6. The molecule has 0 aliphatic carbocycles. The molecular formula is C21H22N2O3S2. The number of benzene rings is 2. The molecule has 146 valence electrons. The van der Waals surface area contributed by atoms with E-state index in [9.17, 15) is 13.2 Å². The van der Waals surface area contributed by atoms with Gasteiger partial charge in [0, 0.05) is 13.1 Å². The van der Waals surface area contributed by atoms with Gasteiger partial charge in [-0.3, -0.25) is 4.79 Å². The highest BCUT2D eigenvalue weighted by Gasteiger charge is 2.32. The Hall–Kier alpha value is -2.22. The summed E-state index contributed by atoms with van der Waals surface area (Å²) in [6.45, 7) is 2.96. The third-order valence-electron chi connectivity index (χ3n) is 5.16. The molecule has 1 N–H and O–H groups in total. The van der Waals surface area contributed by atoms with E-state index in [1.54, 1.807) is 5.38 Å². The van der Waals surface area contributed by atoms with Crippen LogP contribution in [0.5, 0.6) is 0 Å². The molecule has 1 aliphatic rings. The fourth-order valence-electron chi connectivity index (χ4n) is 3.70. The van der Waals surface area contributed by atoms with Crippen molar-refractivity contribution in [2.75, 3.05) is 13.1 Å². The number of nitrogens with zero attached hydrogens (tertiary/aromatic N) is 1. The lowest BCUT2D eigenvalue weighted by Gasteiger charge is -2.18. The van der Waals surface area contributed by atoms with Crippen LogP contribution in [0.2, 0.25) is 0 Å². The average molecular weight is 415 g/mol. The van der Waals surface area contributed by atoms with E-state index >= 15 is 0 Å². The highest BCUT2D eigenvalue weighted by Crippen LogP contribution is 2.29. The van der Waals surface area contributed by atoms with Gasteiger partial charge in [-0.05, 0) is 47.5 Å². The van der Waals surface area contributed by atoms with Crippen molar-refractivity contribution in [2.24, 2.45) is 0 Å². The largest absolute Gasteiger partial charge is 0.345 e. The van der Waals surface area contributed by atoms with E-state index in [1.807, 2.05) is 49.4 Å². The van der Waals surface area contributed by atoms with E-state index in [4.69, 9.17) is 0 Å². The van der Waals surface area contributed by atoms with Gasteiger partial charge in [0.2, 0.25) is 10.0 Å². The van der Waals surface area contributed by atoms with Crippen LogP contribution in [0.1, 0.15) is 41.0 Å².